The molecule has 0 saturated carbocycles. The molecule has 16 heterocycles. The number of hydrogen-bond donors (Lipinski definition) is 13. The normalized spacial score (nSPS) is 21.1. The van der Waals surface area contributed by atoms with Crippen molar-refractivity contribution in [3.63, 3.8) is 0 Å². The fourth-order valence-corrected chi connectivity index (χ4v) is 18.5. The number of nitrogens with one attached hydrogen (secondary N) is 7. The number of β-amino-alcohol motifs (C(OH)–C–C–N with tert-alkyl or cyclic N) is 5. The Bertz CT molecular complexity index is 4650. The molecule has 4 aromatic heterocycles. The number of aliphatic hydroxyl groups is 5. The number of aldehydes is 1. The van der Waals surface area contributed by atoms with Gasteiger partial charge in [-0.3, -0.25) is 53.4 Å². The van der Waals surface area contributed by atoms with E-state index in [1.54, 1.807) is 68.4 Å². The number of H-pyrrole nitrogens is 4. The van der Waals surface area contributed by atoms with E-state index in [9.17, 15) is 63.5 Å². The monoisotopic (exact) mass is 1950 g/mol. The lowest BCUT2D eigenvalue weighted by Gasteiger charge is -2.31. The van der Waals surface area contributed by atoms with Crippen molar-refractivity contribution in [2.45, 2.75) is 149 Å². The summed E-state index contributed by atoms with van der Waals surface area (Å²) in [4.78, 5) is 119. The lowest BCUT2D eigenvalue weighted by atomic mass is 10.0. The van der Waals surface area contributed by atoms with Crippen molar-refractivity contribution in [2.75, 3.05) is 301 Å². The van der Waals surface area contributed by atoms with Gasteiger partial charge in [0.05, 0.1) is 176 Å². The van der Waals surface area contributed by atoms with E-state index in [0.717, 1.165) is 236 Å². The average Bonchev–Trinajstić information content (AvgIpc) is 1.61. The van der Waals surface area contributed by atoms with Crippen molar-refractivity contribution in [3.05, 3.63) is 120 Å². The Balaban J connectivity index is 0.000000164. The van der Waals surface area contributed by atoms with Crippen LogP contribution in [0.25, 0.3) is 11.6 Å². The molecule has 40 heteroatoms. The molecule has 139 heavy (non-hydrogen) atoms. The highest BCUT2D eigenvalue weighted by molar-refractivity contribution is 6.35. The number of aromatic amines is 4. The first kappa shape index (κ1) is 111. The Morgan fingerprint density at radius 3 is 1.41 bits per heavy atom. The molecule has 0 bridgehead atoms. The summed E-state index contributed by atoms with van der Waals surface area (Å²) in [6, 6.07) is 4.19. The summed E-state index contributed by atoms with van der Waals surface area (Å²) in [6.07, 6.45) is 8.46. The molecule has 5 aromatic rings. The fourth-order valence-electron chi connectivity index (χ4n) is 18.5. The predicted molar refractivity (Wildman–Crippen MR) is 521 cm³/mol. The van der Waals surface area contributed by atoms with Gasteiger partial charge < -0.3 is 129 Å². The van der Waals surface area contributed by atoms with Crippen molar-refractivity contribution in [1.82, 2.24) is 74.7 Å². The van der Waals surface area contributed by atoms with Crippen LogP contribution in [0.2, 0.25) is 0 Å². The first-order valence-corrected chi connectivity index (χ1v) is 49.9. The van der Waals surface area contributed by atoms with E-state index in [2.05, 4.69) is 65.3 Å². The second-order valence-corrected chi connectivity index (χ2v) is 38.1. The second kappa shape index (κ2) is 57.2. The number of hydrogen-bond acceptors (Lipinski definition) is 31. The lowest BCUT2D eigenvalue weighted by molar-refractivity contribution is -0.110. The van der Waals surface area contributed by atoms with Crippen molar-refractivity contribution in [2.24, 2.45) is 5.73 Å². The number of morpholine rings is 7. The zero-order chi connectivity index (χ0) is 99.3. The molecule has 0 aliphatic carbocycles. The molecule has 0 spiro atoms. The largest absolute Gasteiger partial charge is 0.462 e. The van der Waals surface area contributed by atoms with E-state index < -0.39 is 47.8 Å². The number of anilines is 1. The Morgan fingerprint density at radius 1 is 0.547 bits per heavy atom. The summed E-state index contributed by atoms with van der Waals surface area (Å²) in [5.41, 5.74) is 16.3. The molecule has 0 unspecified atom stereocenters. The van der Waals surface area contributed by atoms with Gasteiger partial charge in [-0.15, -0.1) is 0 Å². The van der Waals surface area contributed by atoms with Gasteiger partial charge in [-0.2, -0.15) is 0 Å². The third kappa shape index (κ3) is 35.3. The molecule has 0 radical (unpaired) electrons. The van der Waals surface area contributed by atoms with Crippen LogP contribution >= 0.6 is 0 Å². The molecule has 8 fully saturated rings. The van der Waals surface area contributed by atoms with Crippen LogP contribution in [-0.4, -0.2) is 469 Å². The molecule has 6 atom stereocenters. The fraction of sp³-hybridized carbons (Fsp3) is 0.687. The zero-order valence-electron chi connectivity index (χ0n) is 83.1. The summed E-state index contributed by atoms with van der Waals surface area (Å²) in [5.74, 6) is -1.81. The summed E-state index contributed by atoms with van der Waals surface area (Å²) in [5, 5.41) is 60.0. The van der Waals surface area contributed by atoms with Crippen LogP contribution in [0.15, 0.2) is 24.4 Å². The van der Waals surface area contributed by atoms with Crippen molar-refractivity contribution < 1.29 is 111 Å². The number of esters is 2. The Labute approximate surface area is 816 Å². The number of aliphatic hydroxyl groups excluding tert-OH is 5. The van der Waals surface area contributed by atoms with Gasteiger partial charge in [-0.1, -0.05) is 0 Å². The number of amides is 4. The lowest BCUT2D eigenvalue weighted by Crippen LogP contribution is -2.46. The topological polar surface area (TPSA) is 471 Å². The van der Waals surface area contributed by atoms with Crippen molar-refractivity contribution in [1.29, 1.82) is 0 Å². The molecule has 14 N–H and O–H groups in total. The maximum Gasteiger partial charge on any atom is 0.355 e. The number of ether oxygens (including phenoxy) is 10. The number of rotatable bonds is 30. The summed E-state index contributed by atoms with van der Waals surface area (Å²) in [7, 11) is 0. The van der Waals surface area contributed by atoms with E-state index in [1.165, 1.54) is 12.1 Å². The van der Waals surface area contributed by atoms with E-state index in [4.69, 9.17) is 53.1 Å². The van der Waals surface area contributed by atoms with E-state index in [-0.39, 0.29) is 48.6 Å². The molecule has 776 valence electrons. The molecule has 17 rings (SSSR count). The van der Waals surface area contributed by atoms with Crippen LogP contribution in [0.3, 0.4) is 0 Å². The standard InChI is InChI=1S/C25H29FN4O4.C23H39N3O6.C17H25N3O4.C16H25N3O3.C7H16N2O2.C7H13NO2.C4H9NO/c1-15-22(12-19-18-11-16(26)4-5-20(18)28-24(19)32)27-21-3-2-6-30(25(33)23(15)21)14-17(31)13-29-7-9-34-10-8-29;1-6-31-21(28)19-16(2)20(22(29)32-23(3,4)5)25-18(19)8-7-9-24-14-17(27)15-26-10-12-30-13-11-26;1-12-15(11-21)18-14-3-2-4-20(17(23)16(12)14)10-13(22)9-19-5-7-24-8-6-19;1-12-9-17-14-3-2-4-19(16(21)15(12)14)11-13(20)10-18-5-7-22-8-6-18;8-5-7(10)6-9-1-3-11-4-2-9;1-3-9-4-2-8(1)5-7-6-10-7;1-3-6-4-2-5-1/h4-5,11-12,17,27,31H,2-3,6-10,13-14H2,1H3,(H,28,32);17,24-25,27H,6-15H2,1-5H3;11,13,18,22H,2-10H2,1H3;9,13,17,20H,2-8,10-11H2,1H3;7,10H,1-6,8H2;7H,1-6H2;5H,1-4H2/b19-12-;;;;;;/t2*17-;2*13-;2*7-;/m010010./s1. The maximum absolute atomic E-state index is 13.8. The Hall–Kier alpha value is -8.38. The number of aromatic nitrogens is 4. The Kier molecular flexibility index (Phi) is 45.7. The number of epoxide rings is 1. The number of halogens is 1. The quantitative estimate of drug-likeness (QED) is 0.0103. The predicted octanol–water partition coefficient (Wildman–Crippen LogP) is 2.29. The SMILES string of the molecule is C1CN(C[C@H]2CO2)CCO1.C1COCCN1.CCOC(=O)c1c(CCCNC[C@@H](O)CN2CCOCC2)[nH]c(C(=O)OC(C)(C)C)c1C.Cc1c(/C=C2\C(=O)Nc3ccc(F)cc32)[nH]c2c1C(=O)N(C[C@@H](O)CN1CCOCC1)CCC2.Cc1c(C=O)[nH]c2c1C(=O)N(C[C@@H](O)CN1CCOCC1)CCC2.Cc1c[nH]c2c1C(=O)N(C[C@@H](O)CN1CCOCC1)CCC2.NC[C@@H](O)CN1CCOCC1. The van der Waals surface area contributed by atoms with E-state index in [0.29, 0.717) is 205 Å². The number of carbonyl (C=O) groups excluding carboxylic acids is 7. The highest BCUT2D eigenvalue weighted by Gasteiger charge is 2.36. The minimum atomic E-state index is -0.641. The van der Waals surface area contributed by atoms with Gasteiger partial charge >= 0.3 is 11.9 Å². The van der Waals surface area contributed by atoms with E-state index >= 15 is 0 Å². The van der Waals surface area contributed by atoms with Crippen LogP contribution in [0.1, 0.15) is 172 Å². The average molecular weight is 1960 g/mol. The molecule has 12 aliphatic heterocycles. The smallest absolute Gasteiger partial charge is 0.355 e. The van der Waals surface area contributed by atoms with Gasteiger partial charge in [0.2, 0.25) is 0 Å². The number of nitrogens with two attached hydrogens (primary N) is 1. The van der Waals surface area contributed by atoms with Crippen molar-refractivity contribution >= 4 is 59.2 Å². The van der Waals surface area contributed by atoms with Crippen LogP contribution in [0.4, 0.5) is 10.1 Å². The van der Waals surface area contributed by atoms with E-state index in [1.807, 2.05) is 20.0 Å². The van der Waals surface area contributed by atoms with Crippen molar-refractivity contribution in [3.8, 4) is 0 Å². The third-order valence-electron chi connectivity index (χ3n) is 25.9. The highest BCUT2D eigenvalue weighted by Crippen LogP contribution is 2.36. The first-order valence-electron chi connectivity index (χ1n) is 49.9. The summed E-state index contributed by atoms with van der Waals surface area (Å²) < 4.78 is 66.3. The molecule has 1 aromatic carbocycles. The summed E-state index contributed by atoms with van der Waals surface area (Å²) in [6.45, 7) is 47.5. The van der Waals surface area contributed by atoms with Gasteiger partial charge in [0.1, 0.15) is 17.1 Å². The van der Waals surface area contributed by atoms with Crippen LogP contribution in [-0.2, 0) is 77.8 Å². The molecular weight excluding hydrogens is 1800 g/mol. The first-order chi connectivity index (χ1) is 67.0. The molecule has 39 nitrogen and oxygen atoms in total. The highest BCUT2D eigenvalue weighted by atomic mass is 19.1. The van der Waals surface area contributed by atoms with Crippen LogP contribution < -0.4 is 21.7 Å². The second-order valence-electron chi connectivity index (χ2n) is 38.1. The van der Waals surface area contributed by atoms with Gasteiger partial charge in [-0.05, 0) is 160 Å². The molecule has 8 saturated heterocycles. The Morgan fingerprint density at radius 2 is 0.978 bits per heavy atom. The van der Waals surface area contributed by atoms with Crippen LogP contribution in [0, 0.1) is 33.5 Å². The van der Waals surface area contributed by atoms with Gasteiger partial charge in [0.25, 0.3) is 23.6 Å². The van der Waals surface area contributed by atoms with Crippen LogP contribution in [0.5, 0.6) is 0 Å². The number of carbonyl (C=O) groups is 7. The summed E-state index contributed by atoms with van der Waals surface area (Å²) >= 11 is 0. The minimum absolute atomic E-state index is 0.0484. The zero-order valence-corrected chi connectivity index (χ0v) is 83.1. The molecule has 4 amide bonds. The van der Waals surface area contributed by atoms with Gasteiger partial charge in [0, 0.05) is 229 Å². The molecule has 12 aliphatic rings. The van der Waals surface area contributed by atoms with Gasteiger partial charge in [0.15, 0.2) is 6.29 Å². The maximum atomic E-state index is 13.8. The number of benzene rings is 1. The molecular formula is C99H156FN17O22. The van der Waals surface area contributed by atoms with Gasteiger partial charge in [-0.25, -0.2) is 14.0 Å². The number of fused-ring (bicyclic) bond motifs is 4. The number of aryl methyl sites for hydroxylation is 5. The third-order valence-corrected chi connectivity index (χ3v) is 25.9. The number of nitrogens with zero attached hydrogens (tertiary/aromatic N) is 9. The minimum Gasteiger partial charge on any atom is -0.462 e.